The number of anilines is 1. The molecule has 1 aliphatic heterocycles. The van der Waals surface area contributed by atoms with Gasteiger partial charge in [0.1, 0.15) is 17.8 Å². The smallest absolute Gasteiger partial charge is 0.325 e. The highest BCUT2D eigenvalue weighted by Crippen LogP contribution is 2.33. The van der Waals surface area contributed by atoms with Gasteiger partial charge in [0.15, 0.2) is 0 Å². The fraction of sp³-hybridized carbons (Fsp3) is 0.250. The van der Waals surface area contributed by atoms with E-state index in [4.69, 9.17) is 16.3 Å². The largest absolute Gasteiger partial charge is 0.497 e. The Morgan fingerprint density at radius 1 is 1.14 bits per heavy atom. The van der Waals surface area contributed by atoms with E-state index in [-0.39, 0.29) is 6.54 Å². The SMILES string of the molecule is CC[C@@]1(c2ccc(OC)cc2)NC(=O)N(CC(=O)Nc2ccc(Cl)cc2)C1=O. The molecule has 0 radical (unpaired) electrons. The minimum Gasteiger partial charge on any atom is -0.497 e. The predicted molar refractivity (Wildman–Crippen MR) is 105 cm³/mol. The molecule has 1 atom stereocenters. The lowest BCUT2D eigenvalue weighted by molar-refractivity contribution is -0.134. The molecular weight excluding hydrogens is 382 g/mol. The third-order valence-corrected chi connectivity index (χ3v) is 4.97. The summed E-state index contributed by atoms with van der Waals surface area (Å²) in [6.07, 6.45) is 0.346. The topological polar surface area (TPSA) is 87.7 Å². The van der Waals surface area contributed by atoms with E-state index >= 15 is 0 Å². The molecule has 1 aliphatic rings. The summed E-state index contributed by atoms with van der Waals surface area (Å²) in [5.41, 5.74) is -0.0442. The number of ether oxygens (including phenoxy) is 1. The van der Waals surface area contributed by atoms with Crippen molar-refractivity contribution in [1.82, 2.24) is 10.2 Å². The van der Waals surface area contributed by atoms with Gasteiger partial charge in [-0.15, -0.1) is 0 Å². The van der Waals surface area contributed by atoms with E-state index in [2.05, 4.69) is 10.6 Å². The summed E-state index contributed by atoms with van der Waals surface area (Å²) < 4.78 is 5.14. The number of urea groups is 1. The number of carbonyl (C=O) groups is 3. The summed E-state index contributed by atoms with van der Waals surface area (Å²) in [4.78, 5) is 38.8. The Morgan fingerprint density at radius 3 is 2.36 bits per heavy atom. The molecule has 146 valence electrons. The second-order valence-corrected chi connectivity index (χ2v) is 6.80. The molecule has 2 aromatic carbocycles. The molecule has 0 unspecified atom stereocenters. The summed E-state index contributed by atoms with van der Waals surface area (Å²) in [6.45, 7) is 1.42. The first-order valence-electron chi connectivity index (χ1n) is 8.73. The Morgan fingerprint density at radius 2 is 1.79 bits per heavy atom. The van der Waals surface area contributed by atoms with Crippen molar-refractivity contribution < 1.29 is 19.1 Å². The van der Waals surface area contributed by atoms with Gasteiger partial charge in [0.05, 0.1) is 7.11 Å². The quantitative estimate of drug-likeness (QED) is 0.728. The fourth-order valence-corrected chi connectivity index (χ4v) is 3.29. The van der Waals surface area contributed by atoms with E-state index in [1.165, 1.54) is 0 Å². The molecule has 0 spiro atoms. The molecule has 4 amide bonds. The molecule has 0 aliphatic carbocycles. The third-order valence-electron chi connectivity index (χ3n) is 4.72. The number of hydrogen-bond acceptors (Lipinski definition) is 4. The first-order valence-corrected chi connectivity index (χ1v) is 9.11. The van der Waals surface area contributed by atoms with E-state index in [0.717, 1.165) is 4.90 Å². The van der Waals surface area contributed by atoms with Crippen molar-refractivity contribution in [2.24, 2.45) is 0 Å². The zero-order valence-corrected chi connectivity index (χ0v) is 16.2. The van der Waals surface area contributed by atoms with Crippen molar-refractivity contribution in [3.63, 3.8) is 0 Å². The van der Waals surface area contributed by atoms with Crippen LogP contribution in [0.25, 0.3) is 0 Å². The maximum atomic E-state index is 13.1. The standard InChI is InChI=1S/C20H20ClN3O4/c1-3-20(13-4-10-16(28-2)11-5-13)18(26)24(19(27)23-20)12-17(25)22-15-8-6-14(21)7-9-15/h4-11H,3,12H2,1-2H3,(H,22,25)(H,23,27)/t20-/m0/s1. The molecule has 7 nitrogen and oxygen atoms in total. The lowest BCUT2D eigenvalue weighted by atomic mass is 9.87. The first kappa shape index (κ1) is 19.7. The Balaban J connectivity index is 1.77. The van der Waals surface area contributed by atoms with Gasteiger partial charge in [0.2, 0.25) is 5.91 Å². The van der Waals surface area contributed by atoms with Crippen LogP contribution in [0, 0.1) is 0 Å². The van der Waals surface area contributed by atoms with Gasteiger partial charge in [0.25, 0.3) is 5.91 Å². The van der Waals surface area contributed by atoms with Crippen LogP contribution >= 0.6 is 11.6 Å². The normalized spacial score (nSPS) is 18.8. The van der Waals surface area contributed by atoms with Crippen LogP contribution in [0.2, 0.25) is 5.02 Å². The van der Waals surface area contributed by atoms with Gasteiger partial charge < -0.3 is 15.4 Å². The van der Waals surface area contributed by atoms with Gasteiger partial charge in [-0.2, -0.15) is 0 Å². The first-order chi connectivity index (χ1) is 13.4. The number of nitrogens with one attached hydrogen (secondary N) is 2. The van der Waals surface area contributed by atoms with Gasteiger partial charge >= 0.3 is 6.03 Å². The lowest BCUT2D eigenvalue weighted by Gasteiger charge is -2.26. The summed E-state index contributed by atoms with van der Waals surface area (Å²) >= 11 is 5.82. The number of amides is 4. The minimum absolute atomic E-state index is 0.346. The highest BCUT2D eigenvalue weighted by Gasteiger charge is 2.51. The fourth-order valence-electron chi connectivity index (χ4n) is 3.16. The zero-order valence-electron chi connectivity index (χ0n) is 15.5. The molecule has 3 rings (SSSR count). The van der Waals surface area contributed by atoms with E-state index < -0.39 is 23.4 Å². The van der Waals surface area contributed by atoms with Crippen LogP contribution in [-0.2, 0) is 15.1 Å². The Kier molecular flexibility index (Phi) is 5.56. The van der Waals surface area contributed by atoms with E-state index in [1.54, 1.807) is 62.6 Å². The number of rotatable bonds is 6. The van der Waals surface area contributed by atoms with Gasteiger partial charge in [-0.25, -0.2) is 4.79 Å². The number of benzene rings is 2. The number of halogens is 1. The van der Waals surface area contributed by atoms with Crippen LogP contribution in [0.3, 0.4) is 0 Å². The third kappa shape index (κ3) is 3.66. The monoisotopic (exact) mass is 401 g/mol. The average Bonchev–Trinajstić information content (AvgIpc) is 2.95. The Bertz CT molecular complexity index is 899. The molecule has 1 heterocycles. The van der Waals surface area contributed by atoms with Crippen LogP contribution in [0.4, 0.5) is 10.5 Å². The average molecular weight is 402 g/mol. The molecule has 0 saturated carbocycles. The van der Waals surface area contributed by atoms with Gasteiger partial charge in [-0.05, 0) is 48.4 Å². The maximum absolute atomic E-state index is 13.1. The number of hydrogen-bond donors (Lipinski definition) is 2. The second-order valence-electron chi connectivity index (χ2n) is 6.36. The lowest BCUT2D eigenvalue weighted by Crippen LogP contribution is -2.44. The van der Waals surface area contributed by atoms with Crippen molar-refractivity contribution in [3.8, 4) is 5.75 Å². The van der Waals surface area contributed by atoms with Crippen molar-refractivity contribution in [2.75, 3.05) is 19.0 Å². The summed E-state index contributed by atoms with van der Waals surface area (Å²) in [7, 11) is 1.55. The molecule has 28 heavy (non-hydrogen) atoms. The van der Waals surface area contributed by atoms with Crippen LogP contribution in [0.1, 0.15) is 18.9 Å². The number of methoxy groups -OCH3 is 1. The van der Waals surface area contributed by atoms with Crippen molar-refractivity contribution in [2.45, 2.75) is 18.9 Å². The Hall–Kier alpha value is -3.06. The van der Waals surface area contributed by atoms with Crippen molar-refractivity contribution in [1.29, 1.82) is 0 Å². The number of carbonyl (C=O) groups excluding carboxylic acids is 3. The van der Waals surface area contributed by atoms with Crippen molar-refractivity contribution in [3.05, 3.63) is 59.1 Å². The van der Waals surface area contributed by atoms with Crippen LogP contribution in [0.5, 0.6) is 5.75 Å². The van der Waals surface area contributed by atoms with Gasteiger partial charge in [-0.1, -0.05) is 30.7 Å². The molecule has 1 saturated heterocycles. The van der Waals surface area contributed by atoms with Gasteiger partial charge in [0, 0.05) is 10.7 Å². The van der Waals surface area contributed by atoms with Crippen LogP contribution in [-0.4, -0.2) is 36.4 Å². The van der Waals surface area contributed by atoms with E-state index in [1.807, 2.05) is 0 Å². The molecule has 0 aromatic heterocycles. The van der Waals surface area contributed by atoms with Crippen LogP contribution < -0.4 is 15.4 Å². The summed E-state index contributed by atoms with van der Waals surface area (Å²) in [5, 5.41) is 5.94. The van der Waals surface area contributed by atoms with E-state index in [0.29, 0.717) is 28.4 Å². The molecule has 0 bridgehead atoms. The Labute approximate surface area is 167 Å². The zero-order chi connectivity index (χ0) is 20.3. The minimum atomic E-state index is -1.20. The molecule has 2 N–H and O–H groups in total. The molecule has 2 aromatic rings. The molecule has 8 heteroatoms. The highest BCUT2D eigenvalue weighted by atomic mass is 35.5. The predicted octanol–water partition coefficient (Wildman–Crippen LogP) is 3.14. The molecular formula is C20H20ClN3O4. The van der Waals surface area contributed by atoms with Gasteiger partial charge in [-0.3, -0.25) is 14.5 Å². The second kappa shape index (κ2) is 7.90. The maximum Gasteiger partial charge on any atom is 0.325 e. The van der Waals surface area contributed by atoms with Crippen LogP contribution in [0.15, 0.2) is 48.5 Å². The summed E-state index contributed by atoms with van der Waals surface area (Å²) in [5.74, 6) is -0.296. The number of imide groups is 1. The number of nitrogens with zero attached hydrogens (tertiary/aromatic N) is 1. The molecule has 1 fully saturated rings. The van der Waals surface area contributed by atoms with Crippen molar-refractivity contribution >= 4 is 35.1 Å². The summed E-state index contributed by atoms with van der Waals surface area (Å²) in [6, 6.07) is 12.9. The van der Waals surface area contributed by atoms with E-state index in [9.17, 15) is 14.4 Å². The highest BCUT2D eigenvalue weighted by molar-refractivity contribution is 6.30.